The highest BCUT2D eigenvalue weighted by atomic mass is 32.1. The second-order valence-corrected chi connectivity index (χ2v) is 9.16. The molecule has 5 rings (SSSR count). The number of piperazine rings is 1. The van der Waals surface area contributed by atoms with Crippen molar-refractivity contribution in [3.63, 3.8) is 0 Å². The van der Waals surface area contributed by atoms with Crippen LogP contribution in [-0.2, 0) is 0 Å². The van der Waals surface area contributed by atoms with Crippen LogP contribution in [0.15, 0.2) is 60.7 Å². The topological polar surface area (TPSA) is 61.4 Å². The third-order valence-corrected chi connectivity index (χ3v) is 6.78. The van der Waals surface area contributed by atoms with Gasteiger partial charge < -0.3 is 15.1 Å². The first-order chi connectivity index (χ1) is 15.5. The number of amides is 1. The Hall–Kier alpha value is -3.45. The van der Waals surface area contributed by atoms with Gasteiger partial charge in [0.15, 0.2) is 0 Å². The lowest BCUT2D eigenvalue weighted by Gasteiger charge is -2.35. The normalized spacial score (nSPS) is 14.1. The molecule has 32 heavy (non-hydrogen) atoms. The number of carbonyl (C=O) groups is 1. The number of fused-ring (bicyclic) bond motifs is 1. The lowest BCUT2D eigenvalue weighted by Crippen LogP contribution is -2.49. The molecule has 0 spiro atoms. The van der Waals surface area contributed by atoms with E-state index in [9.17, 15) is 4.79 Å². The number of carbonyl (C=O) groups excluding carboxylic acids is 1. The average molecular weight is 444 g/mol. The Balaban J connectivity index is 1.27. The summed E-state index contributed by atoms with van der Waals surface area (Å²) in [5, 5.41) is 4.50. The second kappa shape index (κ2) is 8.59. The zero-order chi connectivity index (χ0) is 22.1. The third-order valence-electron chi connectivity index (χ3n) is 5.68. The molecule has 1 fully saturated rings. The highest BCUT2D eigenvalue weighted by molar-refractivity contribution is 7.20. The summed E-state index contributed by atoms with van der Waals surface area (Å²) in [4.78, 5) is 27.2. The van der Waals surface area contributed by atoms with E-state index in [0.717, 1.165) is 51.2 Å². The van der Waals surface area contributed by atoms with Gasteiger partial charge in [0, 0.05) is 42.6 Å². The predicted molar refractivity (Wildman–Crippen MR) is 131 cm³/mol. The molecule has 4 aromatic rings. The van der Waals surface area contributed by atoms with E-state index in [1.165, 1.54) is 5.56 Å². The number of nitrogens with zero attached hydrogens (tertiary/aromatic N) is 4. The molecule has 1 aliphatic heterocycles. The zero-order valence-electron chi connectivity index (χ0n) is 18.2. The van der Waals surface area contributed by atoms with Gasteiger partial charge in [-0.25, -0.2) is 9.97 Å². The van der Waals surface area contributed by atoms with Crippen LogP contribution in [-0.4, -0.2) is 47.0 Å². The Bertz CT molecular complexity index is 1230. The fourth-order valence-corrected chi connectivity index (χ4v) is 4.98. The molecule has 7 heteroatoms. The maximum absolute atomic E-state index is 13.0. The van der Waals surface area contributed by atoms with Gasteiger partial charge in [0.25, 0.3) is 5.91 Å². The Morgan fingerprint density at radius 2 is 1.69 bits per heavy atom. The quantitative estimate of drug-likeness (QED) is 0.480. The molecule has 3 heterocycles. The van der Waals surface area contributed by atoms with Crippen LogP contribution in [0.5, 0.6) is 0 Å². The number of anilines is 3. The van der Waals surface area contributed by atoms with Crippen LogP contribution in [0.25, 0.3) is 10.1 Å². The number of hydrogen-bond acceptors (Lipinski definition) is 6. The van der Waals surface area contributed by atoms with E-state index in [2.05, 4.69) is 51.4 Å². The molecule has 1 saturated heterocycles. The van der Waals surface area contributed by atoms with E-state index in [1.54, 1.807) is 11.3 Å². The zero-order valence-corrected chi connectivity index (χ0v) is 19.0. The van der Waals surface area contributed by atoms with Crippen molar-refractivity contribution in [3.8, 4) is 0 Å². The molecule has 1 aliphatic rings. The van der Waals surface area contributed by atoms with Gasteiger partial charge in [-0.2, -0.15) is 0 Å². The number of thiophene rings is 1. The first-order valence-corrected chi connectivity index (χ1v) is 11.6. The first kappa shape index (κ1) is 20.5. The minimum absolute atomic E-state index is 0.117. The van der Waals surface area contributed by atoms with Crippen molar-refractivity contribution in [2.24, 2.45) is 0 Å². The molecule has 0 radical (unpaired) electrons. The molecule has 0 saturated carbocycles. The van der Waals surface area contributed by atoms with Crippen molar-refractivity contribution in [2.45, 2.75) is 13.8 Å². The van der Waals surface area contributed by atoms with Crippen LogP contribution >= 0.6 is 11.3 Å². The Morgan fingerprint density at radius 1 is 0.938 bits per heavy atom. The van der Waals surface area contributed by atoms with Gasteiger partial charge in [-0.05, 0) is 43.5 Å². The van der Waals surface area contributed by atoms with E-state index >= 15 is 0 Å². The van der Waals surface area contributed by atoms with E-state index in [1.807, 2.05) is 48.2 Å². The van der Waals surface area contributed by atoms with Crippen molar-refractivity contribution in [3.05, 3.63) is 76.9 Å². The van der Waals surface area contributed by atoms with Gasteiger partial charge in [0.1, 0.15) is 17.5 Å². The summed E-state index contributed by atoms with van der Waals surface area (Å²) in [7, 11) is 0. The molecule has 1 N–H and O–H groups in total. The summed E-state index contributed by atoms with van der Waals surface area (Å²) in [5.41, 5.74) is 2.22. The van der Waals surface area contributed by atoms with Crippen LogP contribution < -0.4 is 10.2 Å². The van der Waals surface area contributed by atoms with Gasteiger partial charge in [0.05, 0.1) is 4.88 Å². The van der Waals surface area contributed by atoms with Crippen molar-refractivity contribution in [1.82, 2.24) is 14.9 Å². The standard InChI is InChI=1S/C25H25N5OS/c1-17-7-9-20(10-8-17)28-23-16-24(27-18(2)26-23)29-11-13-30(14-12-29)25(31)22-15-19-5-3-4-6-21(19)32-22/h3-10,15-16H,11-14H2,1-2H3,(H,26,27,28). The van der Waals surface area contributed by atoms with Gasteiger partial charge in [-0.15, -0.1) is 11.3 Å². The van der Waals surface area contributed by atoms with Gasteiger partial charge in [-0.3, -0.25) is 4.79 Å². The second-order valence-electron chi connectivity index (χ2n) is 8.08. The molecule has 2 aromatic heterocycles. The average Bonchev–Trinajstić information content (AvgIpc) is 3.24. The summed E-state index contributed by atoms with van der Waals surface area (Å²) in [6.07, 6.45) is 0. The van der Waals surface area contributed by atoms with Crippen LogP contribution in [0.3, 0.4) is 0 Å². The monoisotopic (exact) mass is 443 g/mol. The number of nitrogens with one attached hydrogen (secondary N) is 1. The third kappa shape index (κ3) is 4.29. The molecular formula is C25H25N5OS. The van der Waals surface area contributed by atoms with Crippen molar-refractivity contribution in [2.75, 3.05) is 36.4 Å². The molecule has 0 bridgehead atoms. The van der Waals surface area contributed by atoms with Crippen molar-refractivity contribution >= 4 is 44.7 Å². The number of hydrogen-bond donors (Lipinski definition) is 1. The van der Waals surface area contributed by atoms with E-state index in [4.69, 9.17) is 0 Å². The van der Waals surface area contributed by atoms with Crippen LogP contribution in [0, 0.1) is 13.8 Å². The molecule has 0 unspecified atom stereocenters. The molecule has 0 aliphatic carbocycles. The SMILES string of the molecule is Cc1ccc(Nc2cc(N3CCN(C(=O)c4cc5ccccc5s4)CC3)nc(C)n2)cc1. The molecule has 6 nitrogen and oxygen atoms in total. The Kier molecular flexibility index (Phi) is 5.49. The van der Waals surface area contributed by atoms with Crippen LogP contribution in [0.4, 0.5) is 17.3 Å². The molecular weight excluding hydrogens is 418 g/mol. The minimum Gasteiger partial charge on any atom is -0.353 e. The predicted octanol–water partition coefficient (Wildman–Crippen LogP) is 5.01. The van der Waals surface area contributed by atoms with Crippen LogP contribution in [0.1, 0.15) is 21.1 Å². The summed E-state index contributed by atoms with van der Waals surface area (Å²) in [6.45, 7) is 6.83. The highest BCUT2D eigenvalue weighted by Gasteiger charge is 2.24. The molecule has 2 aromatic carbocycles. The maximum Gasteiger partial charge on any atom is 0.264 e. The number of aromatic nitrogens is 2. The fourth-order valence-electron chi connectivity index (χ4n) is 3.94. The Morgan fingerprint density at radius 3 is 2.44 bits per heavy atom. The molecule has 162 valence electrons. The lowest BCUT2D eigenvalue weighted by molar-refractivity contribution is 0.0751. The smallest absolute Gasteiger partial charge is 0.264 e. The number of rotatable bonds is 4. The Labute approximate surface area is 191 Å². The van der Waals surface area contributed by atoms with E-state index in [-0.39, 0.29) is 5.91 Å². The fraction of sp³-hybridized carbons (Fsp3) is 0.240. The summed E-state index contributed by atoms with van der Waals surface area (Å²) in [6, 6.07) is 20.4. The number of aryl methyl sites for hydroxylation is 2. The summed E-state index contributed by atoms with van der Waals surface area (Å²) >= 11 is 1.57. The highest BCUT2D eigenvalue weighted by Crippen LogP contribution is 2.27. The van der Waals surface area contributed by atoms with Gasteiger partial charge in [0.2, 0.25) is 0 Å². The van der Waals surface area contributed by atoms with E-state index < -0.39 is 0 Å². The summed E-state index contributed by atoms with van der Waals surface area (Å²) in [5.74, 6) is 2.51. The molecule has 1 amide bonds. The van der Waals surface area contributed by atoms with Crippen molar-refractivity contribution < 1.29 is 4.79 Å². The lowest BCUT2D eigenvalue weighted by atomic mass is 10.2. The van der Waals surface area contributed by atoms with Gasteiger partial charge in [-0.1, -0.05) is 35.9 Å². The molecule has 0 atom stereocenters. The van der Waals surface area contributed by atoms with E-state index in [0.29, 0.717) is 13.1 Å². The minimum atomic E-state index is 0.117. The summed E-state index contributed by atoms with van der Waals surface area (Å²) < 4.78 is 1.15. The van der Waals surface area contributed by atoms with Crippen LogP contribution in [0.2, 0.25) is 0 Å². The van der Waals surface area contributed by atoms with Crippen molar-refractivity contribution in [1.29, 1.82) is 0 Å². The van der Waals surface area contributed by atoms with Gasteiger partial charge >= 0.3 is 0 Å². The largest absolute Gasteiger partial charge is 0.353 e. The number of benzene rings is 2. The maximum atomic E-state index is 13.0. The first-order valence-electron chi connectivity index (χ1n) is 10.8.